The maximum atomic E-state index is 12.6. The number of carboxylic acids is 2. The summed E-state index contributed by atoms with van der Waals surface area (Å²) in [5.74, 6) is -6.34. The molecule has 1 unspecified atom stereocenters. The molecule has 0 aromatic carbocycles. The van der Waals surface area contributed by atoms with Crippen LogP contribution < -0.4 is 21.3 Å². The Labute approximate surface area is 202 Å². The predicted octanol–water partition coefficient (Wildman–Crippen LogP) is -2.09. The van der Waals surface area contributed by atoms with Gasteiger partial charge in [0, 0.05) is 19.8 Å². The van der Waals surface area contributed by atoms with Crippen molar-refractivity contribution in [1.82, 2.24) is 21.3 Å². The van der Waals surface area contributed by atoms with Gasteiger partial charge in [0.25, 0.3) is 0 Å². The molecule has 4 amide bonds. The van der Waals surface area contributed by atoms with Gasteiger partial charge in [-0.05, 0) is 19.3 Å². The lowest BCUT2D eigenvalue weighted by Crippen LogP contribution is -2.56. The van der Waals surface area contributed by atoms with Crippen molar-refractivity contribution in [2.75, 3.05) is 0 Å². The minimum absolute atomic E-state index is 0.285. The number of carbonyl (C=O) groups excluding carboxylic acids is 5. The summed E-state index contributed by atoms with van der Waals surface area (Å²) < 4.78 is 0. The van der Waals surface area contributed by atoms with Gasteiger partial charge in [-0.2, -0.15) is 0 Å². The van der Waals surface area contributed by atoms with Gasteiger partial charge in [0.2, 0.25) is 23.6 Å². The van der Waals surface area contributed by atoms with Crippen LogP contribution in [0, 0.1) is 5.92 Å². The van der Waals surface area contributed by atoms with Crippen LogP contribution in [0.15, 0.2) is 0 Å². The molecule has 0 aliphatic carbocycles. The number of aliphatic hydroxyl groups excluding tert-OH is 1. The van der Waals surface area contributed by atoms with Gasteiger partial charge < -0.3 is 41.4 Å². The first kappa shape index (κ1) is 31.4. The molecule has 198 valence electrons. The molecule has 0 radical (unpaired) electrons. The molecule has 35 heavy (non-hydrogen) atoms. The van der Waals surface area contributed by atoms with Crippen molar-refractivity contribution < 1.29 is 48.9 Å². The van der Waals surface area contributed by atoms with Crippen molar-refractivity contribution in [2.45, 2.75) is 83.6 Å². The Kier molecular flexibility index (Phi) is 13.8. The summed E-state index contributed by atoms with van der Waals surface area (Å²) in [5, 5.41) is 37.2. The zero-order valence-corrected chi connectivity index (χ0v) is 20.1. The highest BCUT2D eigenvalue weighted by atomic mass is 16.4. The summed E-state index contributed by atoms with van der Waals surface area (Å²) in [6.07, 6.45) is -2.02. The highest BCUT2D eigenvalue weighted by Gasteiger charge is 2.31. The van der Waals surface area contributed by atoms with Crippen molar-refractivity contribution >= 4 is 41.9 Å². The minimum atomic E-state index is -1.58. The topological polar surface area (TPSA) is 228 Å². The van der Waals surface area contributed by atoms with Crippen molar-refractivity contribution in [3.63, 3.8) is 0 Å². The summed E-state index contributed by atoms with van der Waals surface area (Å²) in [5.41, 5.74) is 0. The van der Waals surface area contributed by atoms with E-state index in [-0.39, 0.29) is 18.6 Å². The standard InChI is InChI=1S/C21H34N4O10/c1-5-10(2)16(22-12(4)28)18(30)23-13(20(32)33)6-7-15(29)25-17(11(3)27)19(31)24-14(8-9-26)21(34)35/h9-11,13-14,16-17,27H,5-8H2,1-4H3,(H,22,28)(H,23,30)(H,24,31)(H,25,29)(H,32,33)(H,34,35)/t10-,11-,13?,14-,16-,17-/m0/s1. The normalized spacial score (nSPS) is 15.8. The second kappa shape index (κ2) is 15.4. The Bertz CT molecular complexity index is 801. The molecule has 0 rings (SSSR count). The third-order valence-corrected chi connectivity index (χ3v) is 5.16. The Hall–Kier alpha value is -3.55. The van der Waals surface area contributed by atoms with Gasteiger partial charge in [-0.1, -0.05) is 20.3 Å². The van der Waals surface area contributed by atoms with Gasteiger partial charge in [-0.15, -0.1) is 0 Å². The number of carbonyl (C=O) groups is 7. The van der Waals surface area contributed by atoms with E-state index in [9.17, 15) is 43.8 Å². The average Bonchev–Trinajstić information content (AvgIpc) is 2.76. The van der Waals surface area contributed by atoms with Crippen LogP contribution in [0.4, 0.5) is 0 Å². The lowest BCUT2D eigenvalue weighted by Gasteiger charge is -2.25. The van der Waals surface area contributed by atoms with E-state index in [1.807, 2.05) is 5.32 Å². The summed E-state index contributed by atoms with van der Waals surface area (Å²) in [6.45, 7) is 5.87. The van der Waals surface area contributed by atoms with E-state index < -0.39 is 78.7 Å². The number of carboxylic acid groups (broad SMARTS) is 2. The fourth-order valence-electron chi connectivity index (χ4n) is 2.95. The second-order valence-electron chi connectivity index (χ2n) is 8.09. The van der Waals surface area contributed by atoms with Crippen molar-refractivity contribution in [1.29, 1.82) is 0 Å². The van der Waals surface area contributed by atoms with Crippen LogP contribution in [0.25, 0.3) is 0 Å². The third-order valence-electron chi connectivity index (χ3n) is 5.16. The third kappa shape index (κ3) is 11.4. The number of aliphatic hydroxyl groups is 1. The molecule has 7 N–H and O–H groups in total. The van der Waals surface area contributed by atoms with Crippen molar-refractivity contribution in [3.8, 4) is 0 Å². The summed E-state index contributed by atoms with van der Waals surface area (Å²) in [7, 11) is 0. The fourth-order valence-corrected chi connectivity index (χ4v) is 2.95. The number of amides is 4. The number of aldehydes is 1. The van der Waals surface area contributed by atoms with Crippen molar-refractivity contribution in [3.05, 3.63) is 0 Å². The molecule has 0 aromatic heterocycles. The van der Waals surface area contributed by atoms with Gasteiger partial charge >= 0.3 is 11.9 Å². The largest absolute Gasteiger partial charge is 0.480 e. The predicted molar refractivity (Wildman–Crippen MR) is 120 cm³/mol. The molecule has 6 atom stereocenters. The first-order chi connectivity index (χ1) is 16.2. The van der Waals surface area contributed by atoms with Crippen LogP contribution in [-0.4, -0.2) is 87.4 Å². The number of rotatable bonds is 16. The molecule has 0 heterocycles. The lowest BCUT2D eigenvalue weighted by molar-refractivity contribution is -0.143. The molecular weight excluding hydrogens is 468 g/mol. The van der Waals surface area contributed by atoms with E-state index in [1.165, 1.54) is 6.92 Å². The summed E-state index contributed by atoms with van der Waals surface area (Å²) >= 11 is 0. The van der Waals surface area contributed by atoms with Crippen LogP contribution in [-0.2, 0) is 33.6 Å². The fraction of sp³-hybridized carbons (Fsp3) is 0.667. The van der Waals surface area contributed by atoms with Crippen LogP contribution in [0.5, 0.6) is 0 Å². The number of nitrogens with one attached hydrogen (secondary N) is 4. The van der Waals surface area contributed by atoms with Crippen LogP contribution in [0.2, 0.25) is 0 Å². The molecule has 0 bridgehead atoms. The van der Waals surface area contributed by atoms with E-state index in [4.69, 9.17) is 5.11 Å². The molecule has 0 saturated heterocycles. The highest BCUT2D eigenvalue weighted by Crippen LogP contribution is 2.09. The molecule has 0 aromatic rings. The Morgan fingerprint density at radius 1 is 0.829 bits per heavy atom. The lowest BCUT2D eigenvalue weighted by atomic mass is 9.97. The SMILES string of the molecule is CC[C@H](C)[C@H](NC(C)=O)C(=O)NC(CCC(=O)N[C@H](C(=O)N[C@@H](CC=O)C(=O)O)[C@H](C)O)C(=O)O. The molecule has 14 nitrogen and oxygen atoms in total. The number of hydrogen-bond donors (Lipinski definition) is 7. The monoisotopic (exact) mass is 502 g/mol. The van der Waals surface area contributed by atoms with Crippen LogP contribution in [0.1, 0.15) is 53.4 Å². The zero-order valence-electron chi connectivity index (χ0n) is 20.1. The van der Waals surface area contributed by atoms with Gasteiger partial charge in [0.15, 0.2) is 0 Å². The molecule has 0 aliphatic heterocycles. The maximum absolute atomic E-state index is 12.6. The van der Waals surface area contributed by atoms with Crippen LogP contribution >= 0.6 is 0 Å². The van der Waals surface area contributed by atoms with Gasteiger partial charge in [0.05, 0.1) is 6.10 Å². The maximum Gasteiger partial charge on any atom is 0.326 e. The molecule has 0 fully saturated rings. The minimum Gasteiger partial charge on any atom is -0.480 e. The van der Waals surface area contributed by atoms with Gasteiger partial charge in [-0.3, -0.25) is 19.2 Å². The highest BCUT2D eigenvalue weighted by molar-refractivity contribution is 5.92. The molecule has 0 spiro atoms. The molecule has 0 aliphatic rings. The first-order valence-corrected chi connectivity index (χ1v) is 11.0. The van der Waals surface area contributed by atoms with Gasteiger partial charge in [-0.25, -0.2) is 9.59 Å². The van der Waals surface area contributed by atoms with E-state index in [2.05, 4.69) is 16.0 Å². The van der Waals surface area contributed by atoms with Crippen molar-refractivity contribution in [2.24, 2.45) is 5.92 Å². The number of hydrogen-bond acceptors (Lipinski definition) is 8. The van der Waals surface area contributed by atoms with Gasteiger partial charge in [0.1, 0.15) is 30.5 Å². The number of aliphatic carboxylic acids is 2. The smallest absolute Gasteiger partial charge is 0.326 e. The molecule has 0 saturated carbocycles. The van der Waals surface area contributed by atoms with E-state index in [0.717, 1.165) is 6.92 Å². The summed E-state index contributed by atoms with van der Waals surface area (Å²) in [6, 6.07) is -5.61. The quantitative estimate of drug-likeness (QED) is 0.114. The Morgan fingerprint density at radius 3 is 1.77 bits per heavy atom. The van der Waals surface area contributed by atoms with E-state index in [0.29, 0.717) is 6.42 Å². The Morgan fingerprint density at radius 2 is 1.34 bits per heavy atom. The second-order valence-corrected chi connectivity index (χ2v) is 8.09. The summed E-state index contributed by atoms with van der Waals surface area (Å²) in [4.78, 5) is 81.9. The molecule has 14 heteroatoms. The van der Waals surface area contributed by atoms with E-state index in [1.54, 1.807) is 13.8 Å². The Balaban J connectivity index is 5.21. The van der Waals surface area contributed by atoms with Crippen LogP contribution in [0.3, 0.4) is 0 Å². The zero-order chi connectivity index (χ0) is 27.3. The van der Waals surface area contributed by atoms with E-state index >= 15 is 0 Å². The first-order valence-electron chi connectivity index (χ1n) is 11.0. The average molecular weight is 503 g/mol. The molecular formula is C21H34N4O10.